The molecule has 0 amide bonds. The molecule has 1 aromatic rings. The third-order valence-electron chi connectivity index (χ3n) is 0.514. The fourth-order valence-electron chi connectivity index (χ4n) is 0.277. The Labute approximate surface area is 38.1 Å². The van der Waals surface area contributed by atoms with Crippen molar-refractivity contribution in [2.24, 2.45) is 0 Å². The number of pyridine rings is 1. The Morgan fingerprint density at radius 3 is 2.33 bits per heavy atom. The van der Waals surface area contributed by atoms with E-state index in [4.69, 9.17) is 1.37 Å². The lowest BCUT2D eigenvalue weighted by Gasteiger charge is -1.70. The van der Waals surface area contributed by atoms with Crippen molar-refractivity contribution in [3.05, 3.63) is 30.6 Å². The predicted molar refractivity (Wildman–Crippen MR) is 24.2 cm³/mol. The molecule has 30 valence electrons. The predicted octanol–water partition coefficient (Wildman–Crippen LogP) is 1.08. The molecule has 1 rings (SSSR count). The molecule has 0 aromatic carbocycles. The Balaban J connectivity index is 3.02. The van der Waals surface area contributed by atoms with Crippen LogP contribution in [0, 0.1) is 0 Å². The highest BCUT2D eigenvalue weighted by Gasteiger charge is 1.58. The molecule has 0 radical (unpaired) electrons. The van der Waals surface area contributed by atoms with Crippen molar-refractivity contribution in [1.82, 2.24) is 4.98 Å². The molecule has 1 aromatic heterocycles. The Bertz CT molecular complexity index is 138. The zero-order valence-corrected chi connectivity index (χ0v) is 3.26. The second-order valence-corrected chi connectivity index (χ2v) is 0.947. The summed E-state index contributed by atoms with van der Waals surface area (Å²) in [5.74, 6) is 0. The van der Waals surface area contributed by atoms with Crippen LogP contribution in [0.5, 0.6) is 0 Å². The Morgan fingerprint density at radius 1 is 1.33 bits per heavy atom. The molecule has 0 aliphatic carbocycles. The first-order valence-electron chi connectivity index (χ1n) is 2.26. The molecular weight excluding hydrogens is 74.1 g/mol. The van der Waals surface area contributed by atoms with Gasteiger partial charge in [0.05, 0.1) is 1.37 Å². The van der Waals surface area contributed by atoms with Gasteiger partial charge in [-0.05, 0) is 12.1 Å². The number of rotatable bonds is 0. The smallest absolute Gasteiger partial charge is 0.0624 e. The molecule has 0 saturated heterocycles. The van der Waals surface area contributed by atoms with E-state index in [9.17, 15) is 0 Å². The van der Waals surface area contributed by atoms with Crippen LogP contribution in [0.3, 0.4) is 0 Å². The first kappa shape index (κ1) is 2.35. The van der Waals surface area contributed by atoms with E-state index in [2.05, 4.69) is 4.98 Å². The van der Waals surface area contributed by atoms with Gasteiger partial charge < -0.3 is 0 Å². The van der Waals surface area contributed by atoms with Crippen molar-refractivity contribution in [2.45, 2.75) is 0 Å². The molecule has 0 bridgehead atoms. The highest BCUT2D eigenvalue weighted by Crippen LogP contribution is 1.73. The highest BCUT2D eigenvalue weighted by molar-refractivity contribution is 4.88. The zero-order chi connectivity index (χ0) is 5.11. The zero-order valence-electron chi connectivity index (χ0n) is 4.26. The topological polar surface area (TPSA) is 12.9 Å². The third-order valence-corrected chi connectivity index (χ3v) is 0.514. The molecule has 0 aliphatic rings. The first-order valence-corrected chi connectivity index (χ1v) is 1.76. The van der Waals surface area contributed by atoms with Gasteiger partial charge in [0, 0.05) is 12.4 Å². The molecule has 1 heterocycles. The molecule has 0 spiro atoms. The number of nitrogens with zero attached hydrogens (tertiary/aromatic N) is 1. The molecule has 0 aliphatic heterocycles. The summed E-state index contributed by atoms with van der Waals surface area (Å²) >= 11 is 0. The van der Waals surface area contributed by atoms with Crippen molar-refractivity contribution in [3.8, 4) is 0 Å². The summed E-state index contributed by atoms with van der Waals surface area (Å²) in [5, 5.41) is 0. The maximum Gasteiger partial charge on any atom is 0.0624 e. The molecule has 0 saturated carbocycles. The van der Waals surface area contributed by atoms with Crippen LogP contribution in [0.25, 0.3) is 0 Å². The molecular formula is C5H5N. The minimum atomic E-state index is 0.509. The van der Waals surface area contributed by atoms with Gasteiger partial charge in [0.1, 0.15) is 0 Å². The van der Waals surface area contributed by atoms with Gasteiger partial charge in [-0.25, -0.2) is 0 Å². The maximum absolute atomic E-state index is 6.96. The summed E-state index contributed by atoms with van der Waals surface area (Å²) in [7, 11) is 0. The molecule has 1 nitrogen and oxygen atoms in total. The van der Waals surface area contributed by atoms with Crippen molar-refractivity contribution in [2.75, 3.05) is 0 Å². The third kappa shape index (κ3) is 0.549. The van der Waals surface area contributed by atoms with Crippen molar-refractivity contribution < 1.29 is 1.37 Å². The lowest BCUT2D eigenvalue weighted by Crippen LogP contribution is -1.58. The molecule has 0 fully saturated rings. The van der Waals surface area contributed by atoms with Gasteiger partial charge >= 0.3 is 0 Å². The quantitative estimate of drug-likeness (QED) is 0.454. The summed E-state index contributed by atoms with van der Waals surface area (Å²) in [4.78, 5) is 3.73. The average molecular weight is 80.1 g/mol. The number of aromatic nitrogens is 1. The Hall–Kier alpha value is -0.850. The molecule has 0 N–H and O–H groups in total. The van der Waals surface area contributed by atoms with E-state index >= 15 is 0 Å². The average Bonchev–Trinajstić information content (AvgIpc) is 1.69. The van der Waals surface area contributed by atoms with Gasteiger partial charge in [-0.1, -0.05) is 6.04 Å². The van der Waals surface area contributed by atoms with Crippen LogP contribution < -0.4 is 0 Å². The van der Waals surface area contributed by atoms with Crippen LogP contribution in [-0.2, 0) is 0 Å². The fraction of sp³-hybridized carbons (Fsp3) is 0. The highest BCUT2D eigenvalue weighted by atomic mass is 14.6. The van der Waals surface area contributed by atoms with Crippen LogP contribution in [-0.4, -0.2) is 4.98 Å². The van der Waals surface area contributed by atoms with Crippen molar-refractivity contribution >= 4 is 0 Å². The molecule has 0 atom stereocenters. The summed E-state index contributed by atoms with van der Waals surface area (Å²) in [6, 6.07) is 3.79. The van der Waals surface area contributed by atoms with Crippen molar-refractivity contribution in [3.63, 3.8) is 0 Å². The largest absolute Gasteiger partial charge is 0.265 e. The summed E-state index contributed by atoms with van der Waals surface area (Å²) in [5.41, 5.74) is 0. The van der Waals surface area contributed by atoms with Gasteiger partial charge in [0.25, 0.3) is 0 Å². The van der Waals surface area contributed by atoms with Crippen LogP contribution in [0.4, 0.5) is 0 Å². The number of hydrogen-bond donors (Lipinski definition) is 0. The summed E-state index contributed by atoms with van der Waals surface area (Å²) in [6.07, 6.45) is 3.20. The van der Waals surface area contributed by atoms with Gasteiger partial charge in [0.2, 0.25) is 0 Å². The Kier molecular flexibility index (Phi) is 0.607. The van der Waals surface area contributed by atoms with E-state index in [1.165, 1.54) is 0 Å². The van der Waals surface area contributed by atoms with Crippen LogP contribution in [0.2, 0.25) is 0 Å². The van der Waals surface area contributed by atoms with E-state index in [1.807, 2.05) is 0 Å². The maximum atomic E-state index is 6.96. The minimum Gasteiger partial charge on any atom is -0.265 e. The van der Waals surface area contributed by atoms with E-state index in [0.717, 1.165) is 0 Å². The van der Waals surface area contributed by atoms with E-state index in [0.29, 0.717) is 6.04 Å². The lowest BCUT2D eigenvalue weighted by molar-refractivity contribution is 1.33. The van der Waals surface area contributed by atoms with E-state index < -0.39 is 0 Å². The van der Waals surface area contributed by atoms with Crippen LogP contribution >= 0.6 is 0 Å². The molecule has 6 heavy (non-hydrogen) atoms. The van der Waals surface area contributed by atoms with Crippen LogP contribution in [0.1, 0.15) is 1.37 Å². The van der Waals surface area contributed by atoms with Gasteiger partial charge in [-0.15, -0.1) is 0 Å². The first-order chi connectivity index (χ1) is 3.39. The van der Waals surface area contributed by atoms with E-state index in [1.54, 1.807) is 24.5 Å². The molecule has 0 unspecified atom stereocenters. The fourth-order valence-corrected chi connectivity index (χ4v) is 0.277. The van der Waals surface area contributed by atoms with Gasteiger partial charge in [-0.3, -0.25) is 4.98 Å². The molecule has 1 heteroatoms. The number of hydrogen-bond acceptors (Lipinski definition) is 1. The van der Waals surface area contributed by atoms with E-state index in [-0.39, 0.29) is 0 Å². The summed E-state index contributed by atoms with van der Waals surface area (Å²) in [6.45, 7) is 0. The minimum absolute atomic E-state index is 0.509. The SMILES string of the molecule is [2H]c1ccncc1. The normalized spacial score (nSPS) is 10.3. The second-order valence-electron chi connectivity index (χ2n) is 0.947. The summed E-state index contributed by atoms with van der Waals surface area (Å²) < 4.78 is 6.96. The van der Waals surface area contributed by atoms with Crippen molar-refractivity contribution in [1.29, 1.82) is 0 Å². The van der Waals surface area contributed by atoms with Crippen LogP contribution in [0.15, 0.2) is 30.6 Å². The standard InChI is InChI=1S/C5H5N/c1-2-4-6-5-3-1/h1-5H/i1D. The monoisotopic (exact) mass is 80.0 g/mol. The second kappa shape index (κ2) is 1.55. The lowest BCUT2D eigenvalue weighted by atomic mass is 10.5. The van der Waals surface area contributed by atoms with Gasteiger partial charge in [-0.2, -0.15) is 0 Å². The Morgan fingerprint density at radius 2 is 2.00 bits per heavy atom. The van der Waals surface area contributed by atoms with Gasteiger partial charge in [0.15, 0.2) is 0 Å².